The van der Waals surface area contributed by atoms with Gasteiger partial charge in [-0.25, -0.2) is 0 Å². The second-order valence-electron chi connectivity index (χ2n) is 3.80. The third-order valence-electron chi connectivity index (χ3n) is 2.46. The van der Waals surface area contributed by atoms with Crippen LogP contribution >= 0.6 is 0 Å². The summed E-state index contributed by atoms with van der Waals surface area (Å²) >= 11 is 0. The van der Waals surface area contributed by atoms with Crippen LogP contribution in [0, 0.1) is 0 Å². The molecule has 19 heavy (non-hydrogen) atoms. The van der Waals surface area contributed by atoms with Crippen LogP contribution in [-0.2, 0) is 9.59 Å². The standard InChI is InChI=1S/C14H10O4.H2O/c1-9(16)18-13-5-4-10-6-12(14(17)8-15)3-2-11(10)7-13;/h2-8H,1H3;1H2. The molecule has 0 heterocycles. The number of carbonyl (C=O) groups excluding carboxylic acids is 3. The first-order valence-corrected chi connectivity index (χ1v) is 5.32. The Morgan fingerprint density at radius 3 is 2.32 bits per heavy atom. The zero-order valence-corrected chi connectivity index (χ0v) is 10.2. The predicted molar refractivity (Wildman–Crippen MR) is 69.3 cm³/mol. The van der Waals surface area contributed by atoms with Crippen molar-refractivity contribution in [2.45, 2.75) is 6.92 Å². The second-order valence-corrected chi connectivity index (χ2v) is 3.80. The lowest BCUT2D eigenvalue weighted by atomic mass is 10.0. The molecule has 0 saturated heterocycles. The fourth-order valence-corrected chi connectivity index (χ4v) is 1.67. The maximum Gasteiger partial charge on any atom is 0.308 e. The van der Waals surface area contributed by atoms with Crippen LogP contribution in [0.15, 0.2) is 36.4 Å². The molecule has 0 amide bonds. The van der Waals surface area contributed by atoms with Gasteiger partial charge in [0.25, 0.3) is 0 Å². The van der Waals surface area contributed by atoms with Gasteiger partial charge in [-0.15, -0.1) is 0 Å². The van der Waals surface area contributed by atoms with Crippen LogP contribution in [0.1, 0.15) is 17.3 Å². The molecule has 2 N–H and O–H groups in total. The van der Waals surface area contributed by atoms with E-state index in [1.165, 1.54) is 6.92 Å². The number of hydrogen-bond donors (Lipinski definition) is 0. The molecule has 0 radical (unpaired) electrons. The Morgan fingerprint density at radius 2 is 1.68 bits per heavy atom. The normalized spacial score (nSPS) is 9.53. The molecule has 0 aliphatic heterocycles. The molecule has 5 nitrogen and oxygen atoms in total. The van der Waals surface area contributed by atoms with Crippen molar-refractivity contribution in [3.63, 3.8) is 0 Å². The third kappa shape index (κ3) is 3.23. The maximum absolute atomic E-state index is 11.2. The average Bonchev–Trinajstić information content (AvgIpc) is 2.36. The van der Waals surface area contributed by atoms with Crippen LogP contribution in [0.5, 0.6) is 5.75 Å². The summed E-state index contributed by atoms with van der Waals surface area (Å²) in [6.07, 6.45) is 0.286. The van der Waals surface area contributed by atoms with E-state index in [1.807, 2.05) is 0 Å². The van der Waals surface area contributed by atoms with Crippen molar-refractivity contribution in [2.24, 2.45) is 0 Å². The first-order chi connectivity index (χ1) is 8.60. The van der Waals surface area contributed by atoms with Gasteiger partial charge in [0.2, 0.25) is 5.78 Å². The summed E-state index contributed by atoms with van der Waals surface area (Å²) in [7, 11) is 0. The predicted octanol–water partition coefficient (Wildman–Crippen LogP) is 1.32. The number of ketones is 1. The van der Waals surface area contributed by atoms with Crippen molar-refractivity contribution < 1.29 is 24.6 Å². The van der Waals surface area contributed by atoms with E-state index in [-0.39, 0.29) is 17.7 Å². The summed E-state index contributed by atoms with van der Waals surface area (Å²) in [6.45, 7) is 1.33. The minimum atomic E-state index is -0.555. The minimum absolute atomic E-state index is 0. The SMILES string of the molecule is CC(=O)Oc1ccc2cc(C(=O)C=O)ccc2c1.O. The number of carbonyl (C=O) groups is 3. The lowest BCUT2D eigenvalue weighted by molar-refractivity contribution is -0.131. The summed E-state index contributed by atoms with van der Waals surface area (Å²) in [6, 6.07) is 9.97. The van der Waals surface area contributed by atoms with Crippen molar-refractivity contribution in [3.05, 3.63) is 42.0 Å². The summed E-state index contributed by atoms with van der Waals surface area (Å²) in [5.74, 6) is -0.493. The largest absolute Gasteiger partial charge is 0.427 e. The van der Waals surface area contributed by atoms with Gasteiger partial charge in [0.15, 0.2) is 6.29 Å². The summed E-state index contributed by atoms with van der Waals surface area (Å²) < 4.78 is 4.96. The highest BCUT2D eigenvalue weighted by molar-refractivity contribution is 6.33. The Morgan fingerprint density at radius 1 is 1.05 bits per heavy atom. The van der Waals surface area contributed by atoms with Crippen LogP contribution in [0.4, 0.5) is 0 Å². The van der Waals surface area contributed by atoms with E-state index < -0.39 is 5.78 Å². The summed E-state index contributed by atoms with van der Waals surface area (Å²) in [5, 5.41) is 1.63. The molecular formula is C14H12O5. The van der Waals surface area contributed by atoms with Crippen molar-refractivity contribution in [1.29, 1.82) is 0 Å². The minimum Gasteiger partial charge on any atom is -0.427 e. The Hall–Kier alpha value is -2.53. The summed E-state index contributed by atoms with van der Waals surface area (Å²) in [4.78, 5) is 32.5. The molecule has 2 aromatic carbocycles. The number of esters is 1. The Kier molecular flexibility index (Phi) is 4.50. The zero-order chi connectivity index (χ0) is 13.1. The van der Waals surface area contributed by atoms with E-state index in [1.54, 1.807) is 36.4 Å². The number of ether oxygens (including phenoxy) is 1. The molecule has 0 unspecified atom stereocenters. The Labute approximate surface area is 109 Å². The van der Waals surface area contributed by atoms with Gasteiger partial charge in [-0.1, -0.05) is 18.2 Å². The molecule has 0 bridgehead atoms. The van der Waals surface area contributed by atoms with E-state index in [2.05, 4.69) is 0 Å². The van der Waals surface area contributed by atoms with E-state index in [4.69, 9.17) is 4.74 Å². The average molecular weight is 260 g/mol. The van der Waals surface area contributed by atoms with Gasteiger partial charge in [0.05, 0.1) is 0 Å². The second kappa shape index (κ2) is 5.88. The molecule has 0 atom stereocenters. The monoisotopic (exact) mass is 260 g/mol. The molecule has 2 rings (SSSR count). The van der Waals surface area contributed by atoms with E-state index in [0.29, 0.717) is 11.3 Å². The van der Waals surface area contributed by atoms with Gasteiger partial charge >= 0.3 is 5.97 Å². The number of benzene rings is 2. The van der Waals surface area contributed by atoms with Gasteiger partial charge in [-0.3, -0.25) is 14.4 Å². The number of aldehydes is 1. The van der Waals surface area contributed by atoms with Gasteiger partial charge in [0.1, 0.15) is 5.75 Å². The molecule has 98 valence electrons. The van der Waals surface area contributed by atoms with Crippen LogP contribution in [0.2, 0.25) is 0 Å². The highest BCUT2D eigenvalue weighted by Gasteiger charge is 2.06. The quantitative estimate of drug-likeness (QED) is 0.273. The molecule has 2 aromatic rings. The van der Waals surface area contributed by atoms with E-state index >= 15 is 0 Å². The van der Waals surface area contributed by atoms with Crippen LogP contribution < -0.4 is 4.74 Å². The molecule has 0 aliphatic carbocycles. The maximum atomic E-state index is 11.2. The molecule has 0 aromatic heterocycles. The van der Waals surface area contributed by atoms with Gasteiger partial charge in [-0.05, 0) is 29.0 Å². The smallest absolute Gasteiger partial charge is 0.308 e. The topological polar surface area (TPSA) is 91.9 Å². The lowest BCUT2D eigenvalue weighted by Gasteiger charge is -2.04. The first-order valence-electron chi connectivity index (χ1n) is 5.32. The van der Waals surface area contributed by atoms with Crippen LogP contribution in [0.25, 0.3) is 10.8 Å². The number of Topliss-reactive ketones (excluding diaryl/α,β-unsaturated/α-hetero) is 1. The molecule has 5 heteroatoms. The Bertz CT molecular complexity index is 645. The fourth-order valence-electron chi connectivity index (χ4n) is 1.67. The molecule has 0 saturated carbocycles. The van der Waals surface area contributed by atoms with Gasteiger partial charge in [-0.2, -0.15) is 0 Å². The molecule has 0 aliphatic rings. The van der Waals surface area contributed by atoms with E-state index in [0.717, 1.165) is 10.8 Å². The number of rotatable bonds is 3. The number of fused-ring (bicyclic) bond motifs is 1. The van der Waals surface area contributed by atoms with E-state index in [9.17, 15) is 14.4 Å². The summed E-state index contributed by atoms with van der Waals surface area (Å²) in [5.41, 5.74) is 0.345. The highest BCUT2D eigenvalue weighted by Crippen LogP contribution is 2.22. The number of hydrogen-bond acceptors (Lipinski definition) is 4. The van der Waals surface area contributed by atoms with Crippen molar-refractivity contribution >= 4 is 28.8 Å². The van der Waals surface area contributed by atoms with Crippen molar-refractivity contribution in [1.82, 2.24) is 0 Å². The van der Waals surface area contributed by atoms with Crippen LogP contribution in [-0.4, -0.2) is 23.5 Å². The highest BCUT2D eigenvalue weighted by atomic mass is 16.5. The lowest BCUT2D eigenvalue weighted by Crippen LogP contribution is -2.01. The fraction of sp³-hybridized carbons (Fsp3) is 0.0714. The first kappa shape index (κ1) is 14.5. The molecular weight excluding hydrogens is 248 g/mol. The van der Waals surface area contributed by atoms with Crippen molar-refractivity contribution in [3.8, 4) is 5.75 Å². The molecule has 0 spiro atoms. The van der Waals surface area contributed by atoms with Gasteiger partial charge < -0.3 is 10.2 Å². The van der Waals surface area contributed by atoms with Crippen LogP contribution in [0.3, 0.4) is 0 Å². The zero-order valence-electron chi connectivity index (χ0n) is 10.2. The molecule has 0 fully saturated rings. The van der Waals surface area contributed by atoms with Crippen molar-refractivity contribution in [2.75, 3.05) is 0 Å². The third-order valence-corrected chi connectivity index (χ3v) is 2.46. The Balaban J connectivity index is 0.00000180. The van der Waals surface area contributed by atoms with Gasteiger partial charge in [0, 0.05) is 12.5 Å².